The van der Waals surface area contributed by atoms with Crippen molar-refractivity contribution in [3.05, 3.63) is 58.4 Å². The van der Waals surface area contributed by atoms with Gasteiger partial charge in [0.2, 0.25) is 5.43 Å². The summed E-state index contributed by atoms with van der Waals surface area (Å²) in [5.41, 5.74) is 2.40. The third kappa shape index (κ3) is 3.30. The summed E-state index contributed by atoms with van der Waals surface area (Å²) in [7, 11) is 0. The molecule has 1 aliphatic heterocycles. The van der Waals surface area contributed by atoms with E-state index in [1.807, 2.05) is 24.3 Å². The van der Waals surface area contributed by atoms with Crippen LogP contribution in [0.2, 0.25) is 0 Å². The van der Waals surface area contributed by atoms with E-state index in [2.05, 4.69) is 16.8 Å². The van der Waals surface area contributed by atoms with Gasteiger partial charge in [0.1, 0.15) is 22.6 Å². The minimum atomic E-state index is -0.109. The second-order valence-electron chi connectivity index (χ2n) is 7.93. The molecule has 0 unspecified atom stereocenters. The number of fused-ring (bicyclic) bond motifs is 2. The number of thiazole rings is 1. The number of hydrogen-bond donors (Lipinski definition) is 1. The van der Waals surface area contributed by atoms with Gasteiger partial charge >= 0.3 is 0 Å². The third-order valence-corrected chi connectivity index (χ3v) is 7.20. The van der Waals surface area contributed by atoms with Crippen LogP contribution in [0.1, 0.15) is 38.2 Å². The molecule has 0 bridgehead atoms. The van der Waals surface area contributed by atoms with Gasteiger partial charge in [-0.1, -0.05) is 25.5 Å². The molecule has 1 atom stereocenters. The summed E-state index contributed by atoms with van der Waals surface area (Å²) >= 11 is 1.48. The number of phenols is 1. The van der Waals surface area contributed by atoms with Crippen molar-refractivity contribution in [1.82, 2.24) is 9.88 Å². The lowest BCUT2D eigenvalue weighted by Gasteiger charge is -2.35. The quantitative estimate of drug-likeness (QED) is 0.469. The first-order chi connectivity index (χ1) is 14.7. The van der Waals surface area contributed by atoms with Crippen LogP contribution in [0, 0.1) is 0 Å². The van der Waals surface area contributed by atoms with E-state index in [-0.39, 0.29) is 11.2 Å². The molecule has 1 N–H and O–H groups in total. The Bertz CT molecular complexity index is 1240. The lowest BCUT2D eigenvalue weighted by molar-refractivity contribution is 0.135. The van der Waals surface area contributed by atoms with Crippen LogP contribution in [0.4, 0.5) is 0 Å². The molecule has 0 aliphatic carbocycles. The van der Waals surface area contributed by atoms with Gasteiger partial charge in [-0.15, -0.1) is 11.3 Å². The summed E-state index contributed by atoms with van der Waals surface area (Å²) in [6.07, 6.45) is 6.16. The predicted octanol–water partition coefficient (Wildman–Crippen LogP) is 5.54. The van der Waals surface area contributed by atoms with Gasteiger partial charge in [0.05, 0.1) is 26.7 Å². The molecule has 0 spiro atoms. The average molecular weight is 421 g/mol. The average Bonchev–Trinajstić information content (AvgIpc) is 3.20. The van der Waals surface area contributed by atoms with E-state index in [1.54, 1.807) is 12.1 Å². The van der Waals surface area contributed by atoms with Gasteiger partial charge in [0.15, 0.2) is 0 Å². The van der Waals surface area contributed by atoms with Gasteiger partial charge in [-0.25, -0.2) is 4.98 Å². The second kappa shape index (κ2) is 7.85. The van der Waals surface area contributed by atoms with Crippen LogP contribution in [0.25, 0.3) is 31.8 Å². The van der Waals surface area contributed by atoms with E-state index in [1.165, 1.54) is 30.4 Å². The lowest BCUT2D eigenvalue weighted by atomic mass is 9.98. The zero-order valence-electron chi connectivity index (χ0n) is 16.9. The molecule has 154 valence electrons. The smallest absolute Gasteiger partial charge is 0.202 e. The monoisotopic (exact) mass is 420 g/mol. The standard InChI is InChI=1S/C24H24N2O3S/c1-2-15-7-5-6-12-26(15)13-17-20(27)11-10-16-22(28)18(14-29-23(16)17)24-25-19-8-3-4-9-21(19)30-24/h3-4,8-11,14-15,27H,2,5-7,12-13H2,1H3/t15-/m1/s1. The van der Waals surface area contributed by atoms with Crippen molar-refractivity contribution < 1.29 is 9.52 Å². The molecule has 30 heavy (non-hydrogen) atoms. The molecular formula is C24H24N2O3S. The Morgan fingerprint density at radius 3 is 2.93 bits per heavy atom. The van der Waals surface area contributed by atoms with Crippen LogP contribution in [0.15, 0.2) is 51.9 Å². The van der Waals surface area contributed by atoms with Crippen LogP contribution >= 0.6 is 11.3 Å². The van der Waals surface area contributed by atoms with Crippen molar-refractivity contribution in [2.45, 2.75) is 45.2 Å². The van der Waals surface area contributed by atoms with Gasteiger partial charge in [-0.3, -0.25) is 9.69 Å². The Balaban J connectivity index is 1.59. The van der Waals surface area contributed by atoms with E-state index in [0.29, 0.717) is 39.7 Å². The minimum absolute atomic E-state index is 0.109. The predicted molar refractivity (Wildman–Crippen MR) is 121 cm³/mol. The van der Waals surface area contributed by atoms with Crippen LogP contribution < -0.4 is 5.43 Å². The van der Waals surface area contributed by atoms with Crippen molar-refractivity contribution in [2.75, 3.05) is 6.54 Å². The van der Waals surface area contributed by atoms with E-state index < -0.39 is 0 Å². The molecule has 0 radical (unpaired) electrons. The maximum Gasteiger partial charge on any atom is 0.202 e. The zero-order valence-corrected chi connectivity index (χ0v) is 17.7. The first-order valence-electron chi connectivity index (χ1n) is 10.5. The number of phenolic OH excluding ortho intramolecular Hbond substituents is 1. The molecule has 2 aromatic heterocycles. The fraction of sp³-hybridized carbons (Fsp3) is 0.333. The molecule has 5 nitrogen and oxygen atoms in total. The van der Waals surface area contributed by atoms with E-state index in [0.717, 1.165) is 29.6 Å². The number of nitrogens with zero attached hydrogens (tertiary/aromatic N) is 2. The zero-order chi connectivity index (χ0) is 20.7. The Hall–Kier alpha value is -2.70. The highest BCUT2D eigenvalue weighted by Crippen LogP contribution is 2.33. The molecular weight excluding hydrogens is 396 g/mol. The van der Waals surface area contributed by atoms with Gasteiger partial charge in [-0.05, 0) is 50.1 Å². The van der Waals surface area contributed by atoms with Crippen molar-refractivity contribution in [2.24, 2.45) is 0 Å². The molecule has 6 heteroatoms. The molecule has 2 aromatic carbocycles. The number of hydrogen-bond acceptors (Lipinski definition) is 6. The Kier molecular flexibility index (Phi) is 5.05. The van der Waals surface area contributed by atoms with E-state index in [9.17, 15) is 9.90 Å². The highest BCUT2D eigenvalue weighted by Gasteiger charge is 2.24. The summed E-state index contributed by atoms with van der Waals surface area (Å²) < 4.78 is 7.01. The summed E-state index contributed by atoms with van der Waals surface area (Å²) in [6.45, 7) is 3.80. The number of aromatic nitrogens is 1. The van der Waals surface area contributed by atoms with Gasteiger partial charge < -0.3 is 9.52 Å². The fourth-order valence-electron chi connectivity index (χ4n) is 4.47. The summed E-state index contributed by atoms with van der Waals surface area (Å²) in [4.78, 5) is 20.3. The normalized spacial score (nSPS) is 17.7. The van der Waals surface area contributed by atoms with Crippen LogP contribution in [0.5, 0.6) is 5.75 Å². The molecule has 1 fully saturated rings. The SMILES string of the molecule is CC[C@@H]1CCCCN1Cc1c(O)ccc2c(=O)c(-c3nc4ccccc4s3)coc12. The summed E-state index contributed by atoms with van der Waals surface area (Å²) in [5, 5.41) is 11.7. The lowest BCUT2D eigenvalue weighted by Crippen LogP contribution is -2.38. The molecule has 5 rings (SSSR count). The molecule has 4 aromatic rings. The summed E-state index contributed by atoms with van der Waals surface area (Å²) in [5.74, 6) is 0.179. The van der Waals surface area contributed by atoms with Crippen LogP contribution in [-0.2, 0) is 6.54 Å². The van der Waals surface area contributed by atoms with Crippen molar-refractivity contribution in [1.29, 1.82) is 0 Å². The molecule has 1 aliphatic rings. The van der Waals surface area contributed by atoms with Crippen molar-refractivity contribution in [3.63, 3.8) is 0 Å². The molecule has 1 saturated heterocycles. The van der Waals surface area contributed by atoms with Crippen LogP contribution in [0.3, 0.4) is 0 Å². The fourth-order valence-corrected chi connectivity index (χ4v) is 5.44. The summed E-state index contributed by atoms with van der Waals surface area (Å²) in [6, 6.07) is 11.6. The van der Waals surface area contributed by atoms with Gasteiger partial charge in [-0.2, -0.15) is 0 Å². The third-order valence-electron chi connectivity index (χ3n) is 6.13. The van der Waals surface area contributed by atoms with E-state index >= 15 is 0 Å². The number of benzene rings is 2. The van der Waals surface area contributed by atoms with Crippen LogP contribution in [-0.4, -0.2) is 27.6 Å². The highest BCUT2D eigenvalue weighted by molar-refractivity contribution is 7.21. The number of aromatic hydroxyl groups is 1. The van der Waals surface area contributed by atoms with Gasteiger partial charge in [0, 0.05) is 12.6 Å². The topological polar surface area (TPSA) is 66.6 Å². The Morgan fingerprint density at radius 2 is 2.10 bits per heavy atom. The first-order valence-corrected chi connectivity index (χ1v) is 11.3. The Morgan fingerprint density at radius 1 is 1.23 bits per heavy atom. The molecule has 0 amide bonds. The molecule has 3 heterocycles. The number of rotatable bonds is 4. The maximum atomic E-state index is 13.3. The first kappa shape index (κ1) is 19.3. The Labute approximate surface area is 178 Å². The van der Waals surface area contributed by atoms with Crippen molar-refractivity contribution >= 4 is 32.5 Å². The number of likely N-dealkylation sites (tertiary alicyclic amines) is 1. The van der Waals surface area contributed by atoms with E-state index in [4.69, 9.17) is 4.42 Å². The number of piperidine rings is 1. The minimum Gasteiger partial charge on any atom is -0.507 e. The molecule has 0 saturated carbocycles. The largest absolute Gasteiger partial charge is 0.507 e. The van der Waals surface area contributed by atoms with Crippen molar-refractivity contribution in [3.8, 4) is 16.3 Å². The van der Waals surface area contributed by atoms with Gasteiger partial charge in [0.25, 0.3) is 0 Å². The second-order valence-corrected chi connectivity index (χ2v) is 8.96. The maximum absolute atomic E-state index is 13.3. The number of para-hydroxylation sites is 1. The highest BCUT2D eigenvalue weighted by atomic mass is 32.1.